The predicted molar refractivity (Wildman–Crippen MR) is 73.8 cm³/mol. The van der Waals surface area contributed by atoms with Crippen LogP contribution in [0.5, 0.6) is 0 Å². The second-order valence-corrected chi connectivity index (χ2v) is 6.64. The second kappa shape index (κ2) is 5.41. The standard InChI is InChI=1S/C15H26N2O2/c1-19-10-15(6-8-16-9-7-15)14(18)17-13(11-2-3-11)12-4-5-12/h11-13,16H,2-10H2,1H3,(H,17,18). The minimum absolute atomic E-state index is 0.250. The van der Waals surface area contributed by atoms with Gasteiger partial charge in [-0.25, -0.2) is 0 Å². The van der Waals surface area contributed by atoms with Gasteiger partial charge in [-0.2, -0.15) is 0 Å². The maximum absolute atomic E-state index is 12.8. The summed E-state index contributed by atoms with van der Waals surface area (Å²) in [4.78, 5) is 12.8. The van der Waals surface area contributed by atoms with Gasteiger partial charge in [0.25, 0.3) is 0 Å². The molecule has 4 heteroatoms. The first-order valence-corrected chi connectivity index (χ1v) is 7.76. The van der Waals surface area contributed by atoms with E-state index in [1.165, 1.54) is 25.7 Å². The van der Waals surface area contributed by atoms with E-state index in [1.54, 1.807) is 7.11 Å². The Kier molecular flexibility index (Phi) is 3.81. The Morgan fingerprint density at radius 2 is 1.84 bits per heavy atom. The van der Waals surface area contributed by atoms with Crippen LogP contribution in [0, 0.1) is 17.3 Å². The largest absolute Gasteiger partial charge is 0.384 e. The van der Waals surface area contributed by atoms with Crippen LogP contribution in [-0.4, -0.2) is 38.8 Å². The minimum Gasteiger partial charge on any atom is -0.384 e. The molecule has 3 fully saturated rings. The summed E-state index contributed by atoms with van der Waals surface area (Å²) in [6.07, 6.45) is 7.02. The Bertz CT molecular complexity index is 314. The molecule has 0 aromatic rings. The van der Waals surface area contributed by atoms with Crippen LogP contribution in [0.3, 0.4) is 0 Å². The van der Waals surface area contributed by atoms with Crippen molar-refractivity contribution in [3.63, 3.8) is 0 Å². The molecular weight excluding hydrogens is 240 g/mol. The SMILES string of the molecule is COCC1(C(=O)NC(C2CC2)C2CC2)CCNCC1. The molecule has 1 heterocycles. The van der Waals surface area contributed by atoms with Crippen LogP contribution < -0.4 is 10.6 Å². The molecule has 1 amide bonds. The van der Waals surface area contributed by atoms with Crippen LogP contribution in [0.25, 0.3) is 0 Å². The first-order chi connectivity index (χ1) is 9.25. The molecule has 3 aliphatic rings. The normalized spacial score (nSPS) is 26.4. The fourth-order valence-electron chi connectivity index (χ4n) is 3.45. The molecule has 1 aliphatic heterocycles. The van der Waals surface area contributed by atoms with E-state index in [-0.39, 0.29) is 11.3 Å². The van der Waals surface area contributed by atoms with Crippen molar-refractivity contribution < 1.29 is 9.53 Å². The monoisotopic (exact) mass is 266 g/mol. The molecule has 2 aliphatic carbocycles. The highest BCUT2D eigenvalue weighted by molar-refractivity contribution is 5.83. The molecule has 3 rings (SSSR count). The molecule has 108 valence electrons. The summed E-state index contributed by atoms with van der Waals surface area (Å²) in [6, 6.07) is 0.455. The maximum atomic E-state index is 12.8. The van der Waals surface area contributed by atoms with Crippen molar-refractivity contribution in [1.29, 1.82) is 0 Å². The predicted octanol–water partition coefficient (Wildman–Crippen LogP) is 1.31. The van der Waals surface area contributed by atoms with E-state index in [0.717, 1.165) is 37.8 Å². The van der Waals surface area contributed by atoms with Gasteiger partial charge in [0.05, 0.1) is 12.0 Å². The number of ether oxygens (including phenoxy) is 1. The van der Waals surface area contributed by atoms with Gasteiger partial charge in [-0.05, 0) is 63.5 Å². The highest BCUT2D eigenvalue weighted by atomic mass is 16.5. The zero-order valence-corrected chi connectivity index (χ0v) is 11.9. The number of amides is 1. The molecule has 0 aromatic carbocycles. The average Bonchev–Trinajstić information content (AvgIpc) is 3.30. The number of hydrogen-bond acceptors (Lipinski definition) is 3. The summed E-state index contributed by atoms with van der Waals surface area (Å²) < 4.78 is 5.35. The van der Waals surface area contributed by atoms with Crippen molar-refractivity contribution in [2.24, 2.45) is 17.3 Å². The molecule has 0 radical (unpaired) electrons. The van der Waals surface area contributed by atoms with Crippen molar-refractivity contribution in [3.05, 3.63) is 0 Å². The molecule has 19 heavy (non-hydrogen) atoms. The van der Waals surface area contributed by atoms with E-state index in [0.29, 0.717) is 12.6 Å². The lowest BCUT2D eigenvalue weighted by Crippen LogP contribution is -2.53. The first-order valence-electron chi connectivity index (χ1n) is 7.76. The smallest absolute Gasteiger partial charge is 0.228 e. The molecule has 0 atom stereocenters. The van der Waals surface area contributed by atoms with Gasteiger partial charge in [-0.15, -0.1) is 0 Å². The summed E-state index contributed by atoms with van der Waals surface area (Å²) in [5.74, 6) is 1.77. The zero-order chi connectivity index (χ0) is 13.3. The first kappa shape index (κ1) is 13.4. The van der Waals surface area contributed by atoms with Crippen molar-refractivity contribution in [2.45, 2.75) is 44.6 Å². The summed E-state index contributed by atoms with van der Waals surface area (Å²) >= 11 is 0. The molecule has 0 bridgehead atoms. The van der Waals surface area contributed by atoms with E-state index < -0.39 is 0 Å². The van der Waals surface area contributed by atoms with Crippen LogP contribution in [0.15, 0.2) is 0 Å². The highest BCUT2D eigenvalue weighted by Gasteiger charge is 2.46. The Balaban J connectivity index is 1.65. The van der Waals surface area contributed by atoms with Crippen molar-refractivity contribution in [1.82, 2.24) is 10.6 Å². The van der Waals surface area contributed by atoms with Gasteiger partial charge >= 0.3 is 0 Å². The van der Waals surface area contributed by atoms with Gasteiger partial charge in [0.15, 0.2) is 0 Å². The number of rotatable bonds is 6. The van der Waals surface area contributed by atoms with E-state index in [9.17, 15) is 4.79 Å². The highest BCUT2D eigenvalue weighted by Crippen LogP contribution is 2.45. The molecule has 0 aromatic heterocycles. The molecule has 2 saturated carbocycles. The number of methoxy groups -OCH3 is 1. The third kappa shape index (κ3) is 2.95. The van der Waals surface area contributed by atoms with Gasteiger partial charge in [0, 0.05) is 13.2 Å². The topological polar surface area (TPSA) is 50.4 Å². The molecular formula is C15H26N2O2. The number of nitrogens with one attached hydrogen (secondary N) is 2. The third-order valence-corrected chi connectivity index (χ3v) is 5.02. The van der Waals surface area contributed by atoms with E-state index in [4.69, 9.17) is 4.74 Å². The fourth-order valence-corrected chi connectivity index (χ4v) is 3.45. The maximum Gasteiger partial charge on any atom is 0.228 e. The zero-order valence-electron chi connectivity index (χ0n) is 11.9. The molecule has 1 saturated heterocycles. The number of carbonyl (C=O) groups is 1. The fraction of sp³-hybridized carbons (Fsp3) is 0.933. The van der Waals surface area contributed by atoms with Gasteiger partial charge in [0.2, 0.25) is 5.91 Å². The van der Waals surface area contributed by atoms with Crippen molar-refractivity contribution >= 4 is 5.91 Å². The molecule has 0 unspecified atom stereocenters. The summed E-state index contributed by atoms with van der Waals surface area (Å²) in [5, 5.41) is 6.73. The van der Waals surface area contributed by atoms with Gasteiger partial charge in [0.1, 0.15) is 0 Å². The average molecular weight is 266 g/mol. The lowest BCUT2D eigenvalue weighted by atomic mass is 9.78. The number of carbonyl (C=O) groups excluding carboxylic acids is 1. The van der Waals surface area contributed by atoms with Crippen molar-refractivity contribution in [3.8, 4) is 0 Å². The molecule has 2 N–H and O–H groups in total. The quantitative estimate of drug-likeness (QED) is 0.762. The van der Waals surface area contributed by atoms with Crippen LogP contribution in [0.1, 0.15) is 38.5 Å². The van der Waals surface area contributed by atoms with Gasteiger partial charge < -0.3 is 15.4 Å². The molecule has 4 nitrogen and oxygen atoms in total. The number of piperidine rings is 1. The van der Waals surface area contributed by atoms with E-state index in [1.807, 2.05) is 0 Å². The van der Waals surface area contributed by atoms with E-state index >= 15 is 0 Å². The lowest BCUT2D eigenvalue weighted by molar-refractivity contribution is -0.137. The summed E-state index contributed by atoms with van der Waals surface area (Å²) in [6.45, 7) is 2.41. The Morgan fingerprint density at radius 3 is 2.32 bits per heavy atom. The van der Waals surface area contributed by atoms with Gasteiger partial charge in [-0.3, -0.25) is 4.79 Å². The minimum atomic E-state index is -0.290. The Morgan fingerprint density at radius 1 is 1.26 bits per heavy atom. The second-order valence-electron chi connectivity index (χ2n) is 6.64. The summed E-state index contributed by atoms with van der Waals surface area (Å²) in [7, 11) is 1.70. The molecule has 0 spiro atoms. The van der Waals surface area contributed by atoms with Crippen LogP contribution in [0.2, 0.25) is 0 Å². The van der Waals surface area contributed by atoms with Crippen LogP contribution in [0.4, 0.5) is 0 Å². The Labute approximate surface area is 115 Å². The van der Waals surface area contributed by atoms with Crippen LogP contribution in [-0.2, 0) is 9.53 Å². The Hall–Kier alpha value is -0.610. The van der Waals surface area contributed by atoms with Crippen LogP contribution >= 0.6 is 0 Å². The number of hydrogen-bond donors (Lipinski definition) is 2. The lowest BCUT2D eigenvalue weighted by Gasteiger charge is -2.37. The van der Waals surface area contributed by atoms with Gasteiger partial charge in [-0.1, -0.05) is 0 Å². The summed E-state index contributed by atoms with van der Waals surface area (Å²) in [5.41, 5.74) is -0.290. The van der Waals surface area contributed by atoms with Crippen molar-refractivity contribution in [2.75, 3.05) is 26.8 Å². The third-order valence-electron chi connectivity index (χ3n) is 5.02. The van der Waals surface area contributed by atoms with E-state index in [2.05, 4.69) is 10.6 Å².